The zero-order valence-electron chi connectivity index (χ0n) is 12.8. The Hall–Kier alpha value is -2.54. The molecule has 2 aromatic heterocycles. The van der Waals surface area contributed by atoms with Crippen LogP contribution in [0.4, 0.5) is 0 Å². The van der Waals surface area contributed by atoms with E-state index < -0.39 is 11.9 Å². The summed E-state index contributed by atoms with van der Waals surface area (Å²) in [6.07, 6.45) is 1.85. The summed E-state index contributed by atoms with van der Waals surface area (Å²) in [5.74, 6) is -1.30. The Labute approximate surface area is 136 Å². The number of hydrogen-bond acceptors (Lipinski definition) is 6. The van der Waals surface area contributed by atoms with E-state index in [1.165, 1.54) is 26.0 Å². The number of rotatable bonds is 3. The van der Waals surface area contributed by atoms with Crippen LogP contribution in [0.1, 0.15) is 20.8 Å². The predicted octanol–water partition coefficient (Wildman–Crippen LogP) is 3.01. The van der Waals surface area contributed by atoms with Crippen molar-refractivity contribution in [2.24, 2.45) is 0 Å². The first kappa shape index (κ1) is 15.4. The van der Waals surface area contributed by atoms with Gasteiger partial charge < -0.3 is 14.5 Å². The van der Waals surface area contributed by atoms with Crippen molar-refractivity contribution in [2.45, 2.75) is 5.03 Å². The topological polar surface area (TPSA) is 81.3 Å². The molecule has 2 heterocycles. The lowest BCUT2D eigenvalue weighted by atomic mass is 10.1. The third-order valence-corrected chi connectivity index (χ3v) is 4.26. The van der Waals surface area contributed by atoms with Crippen LogP contribution >= 0.6 is 11.8 Å². The summed E-state index contributed by atoms with van der Waals surface area (Å²) in [6.45, 7) is 0. The Kier molecular flexibility index (Phi) is 3.96. The van der Waals surface area contributed by atoms with Gasteiger partial charge in [0.25, 0.3) is 0 Å². The van der Waals surface area contributed by atoms with E-state index in [2.05, 4.69) is 9.97 Å². The zero-order chi connectivity index (χ0) is 16.6. The van der Waals surface area contributed by atoms with Gasteiger partial charge in [-0.15, -0.1) is 11.8 Å². The Balaban J connectivity index is 2.55. The Bertz CT molecular complexity index is 933. The van der Waals surface area contributed by atoms with E-state index in [0.29, 0.717) is 15.9 Å². The number of ether oxygens (including phenoxy) is 2. The summed E-state index contributed by atoms with van der Waals surface area (Å²) < 4.78 is 9.64. The van der Waals surface area contributed by atoms with Gasteiger partial charge >= 0.3 is 11.9 Å². The highest BCUT2D eigenvalue weighted by Gasteiger charge is 2.27. The molecular weight excluding hydrogens is 316 g/mol. The molecule has 7 heteroatoms. The Morgan fingerprint density at radius 3 is 2.48 bits per heavy atom. The molecule has 0 amide bonds. The maximum atomic E-state index is 12.3. The van der Waals surface area contributed by atoms with Crippen molar-refractivity contribution in [1.82, 2.24) is 9.97 Å². The minimum atomic E-state index is -0.673. The van der Waals surface area contributed by atoms with E-state index in [0.717, 1.165) is 10.9 Å². The van der Waals surface area contributed by atoms with Crippen LogP contribution in [0.5, 0.6) is 0 Å². The van der Waals surface area contributed by atoms with Crippen molar-refractivity contribution in [3.05, 3.63) is 35.5 Å². The molecule has 0 aliphatic rings. The fraction of sp³-hybridized carbons (Fsp3) is 0.188. The average Bonchev–Trinajstić information content (AvgIpc) is 2.98. The molecule has 1 aromatic carbocycles. The molecule has 0 atom stereocenters. The van der Waals surface area contributed by atoms with Crippen LogP contribution in [0, 0.1) is 0 Å². The lowest BCUT2D eigenvalue weighted by molar-refractivity contribution is 0.0551. The second kappa shape index (κ2) is 5.92. The maximum Gasteiger partial charge on any atom is 0.357 e. The largest absolute Gasteiger partial charge is 0.465 e. The Morgan fingerprint density at radius 2 is 1.83 bits per heavy atom. The Morgan fingerprint density at radius 1 is 1.13 bits per heavy atom. The molecule has 0 radical (unpaired) electrons. The number of esters is 2. The molecule has 0 saturated heterocycles. The summed E-state index contributed by atoms with van der Waals surface area (Å²) in [4.78, 5) is 32.0. The van der Waals surface area contributed by atoms with Crippen molar-refractivity contribution in [1.29, 1.82) is 0 Å². The van der Waals surface area contributed by atoms with Crippen molar-refractivity contribution in [2.75, 3.05) is 20.5 Å². The van der Waals surface area contributed by atoms with Crippen LogP contribution in [0.25, 0.3) is 21.8 Å². The molecular formula is C16H14N2O4S. The predicted molar refractivity (Wildman–Crippen MR) is 88.1 cm³/mol. The molecule has 0 spiro atoms. The number of fused-ring (bicyclic) bond motifs is 3. The standard InChI is InChI=1S/C16H14N2O4S/c1-21-15(19)11-10-8-6-4-5-7-9(8)17-12(10)14(23-3)18-13(11)16(20)22-2/h4-7,17H,1-3H3. The van der Waals surface area contributed by atoms with Gasteiger partial charge in [0.15, 0.2) is 5.69 Å². The summed E-state index contributed by atoms with van der Waals surface area (Å²) in [7, 11) is 2.52. The van der Waals surface area contributed by atoms with Gasteiger partial charge in [-0.05, 0) is 12.3 Å². The summed E-state index contributed by atoms with van der Waals surface area (Å²) >= 11 is 1.38. The van der Waals surface area contributed by atoms with Crippen LogP contribution in [0.2, 0.25) is 0 Å². The number of H-pyrrole nitrogens is 1. The fourth-order valence-corrected chi connectivity index (χ4v) is 3.13. The first-order valence-corrected chi connectivity index (χ1v) is 7.99. The number of benzene rings is 1. The van der Waals surface area contributed by atoms with Crippen molar-refractivity contribution < 1.29 is 19.1 Å². The molecule has 0 bridgehead atoms. The fourth-order valence-electron chi connectivity index (χ4n) is 2.59. The van der Waals surface area contributed by atoms with E-state index in [9.17, 15) is 9.59 Å². The normalized spacial score (nSPS) is 10.9. The minimum absolute atomic E-state index is 0.0408. The molecule has 3 aromatic rings. The molecule has 3 rings (SSSR count). The zero-order valence-corrected chi connectivity index (χ0v) is 13.6. The summed E-state index contributed by atoms with van der Waals surface area (Å²) in [5.41, 5.74) is 1.63. The van der Waals surface area contributed by atoms with Gasteiger partial charge in [-0.3, -0.25) is 0 Å². The van der Waals surface area contributed by atoms with E-state index in [1.807, 2.05) is 30.5 Å². The van der Waals surface area contributed by atoms with Gasteiger partial charge in [0.2, 0.25) is 0 Å². The lowest BCUT2D eigenvalue weighted by Crippen LogP contribution is -2.15. The van der Waals surface area contributed by atoms with Crippen LogP contribution in [-0.2, 0) is 9.47 Å². The number of pyridine rings is 1. The van der Waals surface area contributed by atoms with Gasteiger partial charge in [-0.25, -0.2) is 14.6 Å². The highest BCUT2D eigenvalue weighted by atomic mass is 32.2. The molecule has 0 saturated carbocycles. The number of para-hydroxylation sites is 1. The van der Waals surface area contributed by atoms with Crippen LogP contribution < -0.4 is 0 Å². The number of nitrogens with zero attached hydrogens (tertiary/aromatic N) is 1. The SMILES string of the molecule is COC(=O)c1nc(SC)c2[nH]c3ccccc3c2c1C(=O)OC. The lowest BCUT2D eigenvalue weighted by Gasteiger charge is -2.10. The minimum Gasteiger partial charge on any atom is -0.465 e. The van der Waals surface area contributed by atoms with E-state index in [1.54, 1.807) is 0 Å². The molecule has 0 aliphatic carbocycles. The maximum absolute atomic E-state index is 12.3. The van der Waals surface area contributed by atoms with Gasteiger partial charge in [-0.1, -0.05) is 18.2 Å². The van der Waals surface area contributed by atoms with Gasteiger partial charge in [0.1, 0.15) is 10.6 Å². The second-order valence-electron chi connectivity index (χ2n) is 4.75. The van der Waals surface area contributed by atoms with Gasteiger partial charge in [0, 0.05) is 16.3 Å². The highest BCUT2D eigenvalue weighted by molar-refractivity contribution is 7.98. The number of methoxy groups -OCH3 is 2. The highest BCUT2D eigenvalue weighted by Crippen LogP contribution is 2.35. The molecule has 23 heavy (non-hydrogen) atoms. The van der Waals surface area contributed by atoms with E-state index >= 15 is 0 Å². The quantitative estimate of drug-likeness (QED) is 0.587. The van der Waals surface area contributed by atoms with E-state index in [4.69, 9.17) is 9.47 Å². The molecule has 0 aliphatic heterocycles. The molecule has 0 fully saturated rings. The number of hydrogen-bond donors (Lipinski definition) is 1. The van der Waals surface area contributed by atoms with Crippen LogP contribution in [0.3, 0.4) is 0 Å². The second-order valence-corrected chi connectivity index (χ2v) is 5.54. The third-order valence-electron chi connectivity index (χ3n) is 3.58. The molecule has 1 N–H and O–H groups in total. The number of nitrogens with one attached hydrogen (secondary N) is 1. The third kappa shape index (κ3) is 2.33. The van der Waals surface area contributed by atoms with Crippen molar-refractivity contribution in [3.8, 4) is 0 Å². The van der Waals surface area contributed by atoms with Crippen molar-refractivity contribution >= 4 is 45.5 Å². The molecule has 0 unspecified atom stereocenters. The number of carbonyl (C=O) groups excluding carboxylic acids is 2. The average molecular weight is 330 g/mol. The van der Waals surface area contributed by atoms with Crippen LogP contribution in [-0.4, -0.2) is 42.4 Å². The monoisotopic (exact) mass is 330 g/mol. The molecule has 6 nitrogen and oxygen atoms in total. The van der Waals surface area contributed by atoms with E-state index in [-0.39, 0.29) is 11.3 Å². The first-order chi connectivity index (χ1) is 11.1. The summed E-state index contributed by atoms with van der Waals surface area (Å²) in [5, 5.41) is 2.06. The number of aromatic amines is 1. The molecule has 118 valence electrons. The van der Waals surface area contributed by atoms with Gasteiger partial charge in [0.05, 0.1) is 19.7 Å². The number of aromatic nitrogens is 2. The van der Waals surface area contributed by atoms with Gasteiger partial charge in [-0.2, -0.15) is 0 Å². The smallest absolute Gasteiger partial charge is 0.357 e. The van der Waals surface area contributed by atoms with Crippen LogP contribution in [0.15, 0.2) is 29.3 Å². The number of carbonyl (C=O) groups is 2. The van der Waals surface area contributed by atoms with Crippen molar-refractivity contribution in [3.63, 3.8) is 0 Å². The number of thioether (sulfide) groups is 1. The summed E-state index contributed by atoms with van der Waals surface area (Å²) in [6, 6.07) is 7.54. The first-order valence-electron chi connectivity index (χ1n) is 6.77.